The first-order valence-electron chi connectivity index (χ1n) is 17.3. The highest BCUT2D eigenvalue weighted by Crippen LogP contribution is 2.26. The molecule has 0 fully saturated rings. The summed E-state index contributed by atoms with van der Waals surface area (Å²) in [6.45, 7) is 5.01. The molecule has 53 heavy (non-hydrogen) atoms. The normalized spacial score (nSPS) is 11.4. The third-order valence-electron chi connectivity index (χ3n) is 9.27. The number of aromatic nitrogens is 8. The van der Waals surface area contributed by atoms with Crippen LogP contribution in [0.3, 0.4) is 0 Å². The number of nitrogens with zero attached hydrogens (tertiary/aromatic N) is 8. The average molecular weight is 700 g/mol. The van der Waals surface area contributed by atoms with Crippen LogP contribution in [0.25, 0.3) is 50.3 Å². The number of rotatable bonds is 9. The van der Waals surface area contributed by atoms with Gasteiger partial charge in [-0.25, -0.2) is 24.9 Å². The zero-order chi connectivity index (χ0) is 36.5. The van der Waals surface area contributed by atoms with E-state index in [1.165, 1.54) is 12.4 Å². The Balaban J connectivity index is 1.10. The lowest BCUT2D eigenvalue weighted by Gasteiger charge is -2.12. The van der Waals surface area contributed by atoms with Crippen molar-refractivity contribution in [1.29, 1.82) is 0 Å². The zero-order valence-electron chi connectivity index (χ0n) is 29.4. The van der Waals surface area contributed by atoms with Gasteiger partial charge in [0.1, 0.15) is 17.2 Å². The van der Waals surface area contributed by atoms with Gasteiger partial charge in [0.25, 0.3) is 11.1 Å². The largest absolute Gasteiger partial charge is 0.481 e. The van der Waals surface area contributed by atoms with E-state index in [1.54, 1.807) is 34.8 Å². The summed E-state index contributed by atoms with van der Waals surface area (Å²) >= 11 is 0. The first kappa shape index (κ1) is 33.3. The van der Waals surface area contributed by atoms with Gasteiger partial charge in [-0.05, 0) is 63.7 Å². The minimum Gasteiger partial charge on any atom is -0.481 e. The van der Waals surface area contributed by atoms with Crippen LogP contribution in [0.4, 0.5) is 0 Å². The molecule has 8 aromatic rings. The Kier molecular flexibility index (Phi) is 8.81. The van der Waals surface area contributed by atoms with Gasteiger partial charge in [0.15, 0.2) is 23.2 Å². The van der Waals surface area contributed by atoms with Crippen LogP contribution in [0.2, 0.25) is 0 Å². The van der Waals surface area contributed by atoms with Crippen LogP contribution in [0.1, 0.15) is 36.6 Å². The molecule has 0 aliphatic rings. The quantitative estimate of drug-likeness (QED) is 0.165. The molecule has 6 aromatic heterocycles. The minimum atomic E-state index is -0.228. The highest BCUT2D eigenvalue weighted by atomic mass is 16.5. The van der Waals surface area contributed by atoms with Crippen LogP contribution in [0.5, 0.6) is 5.88 Å². The Morgan fingerprint density at radius 3 is 1.94 bits per heavy atom. The predicted molar refractivity (Wildman–Crippen MR) is 203 cm³/mol. The monoisotopic (exact) mass is 699 g/mol. The number of benzene rings is 2. The summed E-state index contributed by atoms with van der Waals surface area (Å²) in [5, 5.41) is 0. The zero-order valence-corrected chi connectivity index (χ0v) is 29.4. The Hall–Kier alpha value is -6.88. The van der Waals surface area contributed by atoms with Crippen molar-refractivity contribution in [1.82, 2.24) is 34.1 Å². The van der Waals surface area contributed by atoms with E-state index < -0.39 is 0 Å². The molecule has 0 saturated carbocycles. The van der Waals surface area contributed by atoms with E-state index in [1.807, 2.05) is 66.9 Å². The van der Waals surface area contributed by atoms with Gasteiger partial charge in [0.2, 0.25) is 11.6 Å². The highest BCUT2D eigenvalue weighted by molar-refractivity contribution is 5.72. The molecule has 11 heteroatoms. The van der Waals surface area contributed by atoms with E-state index in [2.05, 4.69) is 68.7 Å². The smallest absolute Gasteiger partial charge is 0.270 e. The second kappa shape index (κ2) is 14.0. The molecule has 0 atom stereocenters. The van der Waals surface area contributed by atoms with E-state index in [-0.39, 0.29) is 17.0 Å². The van der Waals surface area contributed by atoms with Gasteiger partial charge in [0.05, 0.1) is 32.6 Å². The summed E-state index contributed by atoms with van der Waals surface area (Å²) in [6.07, 6.45) is 9.92. The second-order valence-electron chi connectivity index (χ2n) is 13.1. The summed E-state index contributed by atoms with van der Waals surface area (Å²) in [5.41, 5.74) is 9.81. The van der Waals surface area contributed by atoms with Gasteiger partial charge in [0, 0.05) is 42.6 Å². The molecule has 0 amide bonds. The predicted octanol–water partition coefficient (Wildman–Crippen LogP) is 6.13. The van der Waals surface area contributed by atoms with Crippen LogP contribution in [0, 0.1) is 0 Å². The van der Waals surface area contributed by atoms with E-state index in [9.17, 15) is 9.59 Å². The van der Waals surface area contributed by atoms with Crippen molar-refractivity contribution in [2.45, 2.75) is 32.9 Å². The molecule has 0 bridgehead atoms. The molecule has 6 heterocycles. The van der Waals surface area contributed by atoms with Crippen molar-refractivity contribution < 1.29 is 9.30 Å². The van der Waals surface area contributed by atoms with Gasteiger partial charge in [-0.3, -0.25) is 18.7 Å². The van der Waals surface area contributed by atoms with Crippen molar-refractivity contribution in [3.8, 4) is 33.8 Å². The molecule has 0 saturated heterocycles. The Bertz CT molecular complexity index is 2770. The second-order valence-corrected chi connectivity index (χ2v) is 13.1. The molecule has 8 rings (SSSR count). The van der Waals surface area contributed by atoms with Crippen LogP contribution in [-0.2, 0) is 13.1 Å². The Morgan fingerprint density at radius 1 is 0.623 bits per heavy atom. The van der Waals surface area contributed by atoms with Crippen molar-refractivity contribution in [3.63, 3.8) is 0 Å². The first-order valence-corrected chi connectivity index (χ1v) is 17.3. The summed E-state index contributed by atoms with van der Waals surface area (Å²) in [4.78, 5) is 48.1. The first-order chi connectivity index (χ1) is 25.8. The average Bonchev–Trinajstić information content (AvgIpc) is 3.20. The van der Waals surface area contributed by atoms with Gasteiger partial charge in [-0.2, -0.15) is 4.57 Å². The number of ether oxygens (including phenoxy) is 1. The topological polar surface area (TPSA) is 122 Å². The number of methoxy groups -OCH3 is 1. The summed E-state index contributed by atoms with van der Waals surface area (Å²) in [7, 11) is 1.59. The molecule has 2 aromatic carbocycles. The summed E-state index contributed by atoms with van der Waals surface area (Å²) < 4.78 is 10.7. The molecule has 0 radical (unpaired) electrons. The van der Waals surface area contributed by atoms with E-state index >= 15 is 0 Å². The molecule has 11 nitrogen and oxygen atoms in total. The Labute approximate surface area is 304 Å². The van der Waals surface area contributed by atoms with Gasteiger partial charge in [-0.15, -0.1) is 0 Å². The fraction of sp³-hybridized carbons (Fsp3) is 0.143. The standard InChI is InChI=1S/C42H35N8O3/c1-27(2)37-19-33(31-10-5-8-29(18-31)25-49-39(51)23-45-35-11-6-14-44-41(35)49)13-16-48(37)34-21-36-42(47-22-34)50(40(52)24-46-36)26-28-7-4-9-30(17-28)32-12-15-43-38(20-32)53-3/h4-24,27H,25-26H2,1-3H3/q+1. The maximum Gasteiger partial charge on any atom is 0.270 e. The summed E-state index contributed by atoms with van der Waals surface area (Å²) in [6, 6.07) is 30.0. The SMILES string of the molecule is COc1cc(-c2cccc(Cn3c(=O)cnc4cc(-[n+]5ccc(-c6cccc(Cn7c(=O)cnc8cccnc87)c6)cc5C(C)C)cnc43)c2)ccn1. The molecule has 0 aliphatic carbocycles. The number of hydrogen-bond acceptors (Lipinski definition) is 8. The van der Waals surface area contributed by atoms with Crippen molar-refractivity contribution in [2.75, 3.05) is 7.11 Å². The van der Waals surface area contributed by atoms with Crippen LogP contribution in [-0.4, -0.2) is 41.2 Å². The summed E-state index contributed by atoms with van der Waals surface area (Å²) in [5.74, 6) is 0.714. The fourth-order valence-corrected chi connectivity index (χ4v) is 6.61. The van der Waals surface area contributed by atoms with Crippen molar-refractivity contribution >= 4 is 22.3 Å². The maximum absolute atomic E-state index is 13.2. The van der Waals surface area contributed by atoms with E-state index in [0.717, 1.165) is 44.8 Å². The van der Waals surface area contributed by atoms with Crippen molar-refractivity contribution in [3.05, 3.63) is 166 Å². The highest BCUT2D eigenvalue weighted by Gasteiger charge is 2.21. The lowest BCUT2D eigenvalue weighted by atomic mass is 10.00. The fourth-order valence-electron chi connectivity index (χ4n) is 6.61. The van der Waals surface area contributed by atoms with E-state index in [0.29, 0.717) is 41.3 Å². The third kappa shape index (κ3) is 6.67. The lowest BCUT2D eigenvalue weighted by Crippen LogP contribution is -2.36. The van der Waals surface area contributed by atoms with Crippen molar-refractivity contribution in [2.24, 2.45) is 0 Å². The molecular weight excluding hydrogens is 665 g/mol. The maximum atomic E-state index is 13.2. The molecule has 0 N–H and O–H groups in total. The lowest BCUT2D eigenvalue weighted by molar-refractivity contribution is -0.605. The van der Waals surface area contributed by atoms with Gasteiger partial charge >= 0.3 is 0 Å². The number of hydrogen-bond donors (Lipinski definition) is 0. The minimum absolute atomic E-state index is 0.177. The van der Waals surface area contributed by atoms with E-state index in [4.69, 9.17) is 9.72 Å². The molecule has 0 unspecified atom stereocenters. The molecular formula is C42H35N8O3+. The third-order valence-corrected chi connectivity index (χ3v) is 9.27. The molecule has 0 spiro atoms. The Morgan fingerprint density at radius 2 is 1.26 bits per heavy atom. The van der Waals surface area contributed by atoms with Crippen LogP contribution < -0.4 is 20.4 Å². The number of fused-ring (bicyclic) bond motifs is 2. The molecule has 0 aliphatic heterocycles. The van der Waals surface area contributed by atoms with Gasteiger partial charge < -0.3 is 4.74 Å². The van der Waals surface area contributed by atoms with Gasteiger partial charge in [-0.1, -0.05) is 50.2 Å². The van der Waals surface area contributed by atoms with Crippen LogP contribution >= 0.6 is 0 Å². The van der Waals surface area contributed by atoms with Crippen LogP contribution in [0.15, 0.2) is 138 Å². The molecule has 260 valence electrons. The number of pyridine rings is 4.